The van der Waals surface area contributed by atoms with Gasteiger partial charge in [0.05, 0.1) is 12.6 Å². The quantitative estimate of drug-likeness (QED) is 0.706. The number of hydrogen-bond donors (Lipinski definition) is 2. The molecule has 2 fully saturated rings. The topological polar surface area (TPSA) is 50.4 Å². The second kappa shape index (κ2) is 5.47. The van der Waals surface area contributed by atoms with Crippen LogP contribution in [0.5, 0.6) is 0 Å². The third-order valence-corrected chi connectivity index (χ3v) is 3.20. The van der Waals surface area contributed by atoms with Crippen LogP contribution in [-0.4, -0.2) is 38.3 Å². The van der Waals surface area contributed by atoms with E-state index in [1.54, 1.807) is 0 Å². The SMILES string of the molecule is O=C(NCC1CCCOC1)C1CCCN1. The smallest absolute Gasteiger partial charge is 0.237 e. The molecule has 2 unspecified atom stereocenters. The monoisotopic (exact) mass is 212 g/mol. The fourth-order valence-corrected chi connectivity index (χ4v) is 2.24. The van der Waals surface area contributed by atoms with Crippen molar-refractivity contribution in [1.82, 2.24) is 10.6 Å². The Kier molecular flexibility index (Phi) is 3.97. The largest absolute Gasteiger partial charge is 0.381 e. The van der Waals surface area contributed by atoms with Gasteiger partial charge in [-0.05, 0) is 38.1 Å². The van der Waals surface area contributed by atoms with Crippen LogP contribution in [0.1, 0.15) is 25.7 Å². The number of carbonyl (C=O) groups is 1. The highest BCUT2D eigenvalue weighted by atomic mass is 16.5. The zero-order chi connectivity index (χ0) is 10.5. The maximum atomic E-state index is 11.7. The maximum absolute atomic E-state index is 11.7. The van der Waals surface area contributed by atoms with Crippen molar-refractivity contribution in [3.8, 4) is 0 Å². The summed E-state index contributed by atoms with van der Waals surface area (Å²) in [5.74, 6) is 0.683. The number of rotatable bonds is 3. The summed E-state index contributed by atoms with van der Waals surface area (Å²) in [6, 6.07) is 0.0505. The van der Waals surface area contributed by atoms with Gasteiger partial charge in [-0.3, -0.25) is 4.79 Å². The van der Waals surface area contributed by atoms with Gasteiger partial charge < -0.3 is 15.4 Å². The van der Waals surface area contributed by atoms with Gasteiger partial charge in [-0.2, -0.15) is 0 Å². The standard InChI is InChI=1S/C11H20N2O2/c14-11(10-4-1-5-12-10)13-7-9-3-2-6-15-8-9/h9-10,12H,1-8H2,(H,13,14). The summed E-state index contributed by atoms with van der Waals surface area (Å²) in [5.41, 5.74) is 0. The Morgan fingerprint density at radius 2 is 2.33 bits per heavy atom. The van der Waals surface area contributed by atoms with Crippen molar-refractivity contribution in [2.75, 3.05) is 26.3 Å². The first-order valence-electron chi connectivity index (χ1n) is 5.95. The average Bonchev–Trinajstić information content (AvgIpc) is 2.81. The highest BCUT2D eigenvalue weighted by Crippen LogP contribution is 2.12. The predicted molar refractivity (Wildman–Crippen MR) is 57.6 cm³/mol. The van der Waals surface area contributed by atoms with Crippen molar-refractivity contribution in [3.05, 3.63) is 0 Å². The summed E-state index contributed by atoms with van der Waals surface area (Å²) >= 11 is 0. The Labute approximate surface area is 90.8 Å². The van der Waals surface area contributed by atoms with Gasteiger partial charge in [0.15, 0.2) is 0 Å². The first kappa shape index (κ1) is 10.9. The van der Waals surface area contributed by atoms with Gasteiger partial charge in [-0.25, -0.2) is 0 Å². The molecule has 0 aromatic carbocycles. The van der Waals surface area contributed by atoms with E-state index in [1.807, 2.05) is 0 Å². The number of amides is 1. The van der Waals surface area contributed by atoms with Gasteiger partial charge in [0.1, 0.15) is 0 Å². The van der Waals surface area contributed by atoms with Crippen LogP contribution >= 0.6 is 0 Å². The Hall–Kier alpha value is -0.610. The molecular weight excluding hydrogens is 192 g/mol. The lowest BCUT2D eigenvalue weighted by Gasteiger charge is -2.23. The third kappa shape index (κ3) is 3.18. The van der Waals surface area contributed by atoms with E-state index in [9.17, 15) is 4.79 Å². The molecule has 2 aliphatic heterocycles. The van der Waals surface area contributed by atoms with Gasteiger partial charge >= 0.3 is 0 Å². The zero-order valence-electron chi connectivity index (χ0n) is 9.13. The number of nitrogens with one attached hydrogen (secondary N) is 2. The van der Waals surface area contributed by atoms with Crippen LogP contribution in [0.15, 0.2) is 0 Å². The molecule has 2 atom stereocenters. The van der Waals surface area contributed by atoms with Crippen LogP contribution < -0.4 is 10.6 Å². The molecule has 0 bridgehead atoms. The molecule has 0 radical (unpaired) electrons. The minimum Gasteiger partial charge on any atom is -0.381 e. The molecule has 86 valence electrons. The molecule has 2 N–H and O–H groups in total. The highest BCUT2D eigenvalue weighted by Gasteiger charge is 2.22. The fraction of sp³-hybridized carbons (Fsp3) is 0.909. The lowest BCUT2D eigenvalue weighted by Crippen LogP contribution is -2.43. The van der Waals surface area contributed by atoms with E-state index >= 15 is 0 Å². The van der Waals surface area contributed by atoms with Gasteiger partial charge in [-0.15, -0.1) is 0 Å². The minimum atomic E-state index is 0.0505. The second-order valence-electron chi connectivity index (χ2n) is 4.48. The maximum Gasteiger partial charge on any atom is 0.237 e. The third-order valence-electron chi connectivity index (χ3n) is 3.20. The van der Waals surface area contributed by atoms with E-state index in [4.69, 9.17) is 4.74 Å². The summed E-state index contributed by atoms with van der Waals surface area (Å²) in [6.45, 7) is 3.44. The molecule has 2 rings (SSSR count). The lowest BCUT2D eigenvalue weighted by molar-refractivity contribution is -0.123. The number of ether oxygens (including phenoxy) is 1. The Balaban J connectivity index is 1.65. The van der Waals surface area contributed by atoms with Crippen LogP contribution in [-0.2, 0) is 9.53 Å². The van der Waals surface area contributed by atoms with Gasteiger partial charge in [0, 0.05) is 13.2 Å². The molecule has 0 aromatic heterocycles. The summed E-state index contributed by atoms with van der Waals surface area (Å²) in [5, 5.41) is 6.21. The first-order valence-corrected chi connectivity index (χ1v) is 5.95. The van der Waals surface area contributed by atoms with Crippen molar-refractivity contribution in [2.45, 2.75) is 31.7 Å². The molecule has 2 heterocycles. The van der Waals surface area contributed by atoms with Crippen LogP contribution in [0.4, 0.5) is 0 Å². The zero-order valence-corrected chi connectivity index (χ0v) is 9.13. The van der Waals surface area contributed by atoms with E-state index < -0.39 is 0 Å². The highest BCUT2D eigenvalue weighted by molar-refractivity contribution is 5.81. The summed E-state index contributed by atoms with van der Waals surface area (Å²) in [7, 11) is 0. The molecule has 2 aliphatic rings. The Bertz CT molecular complexity index is 209. The molecule has 0 saturated carbocycles. The van der Waals surface area contributed by atoms with Gasteiger partial charge in [0.25, 0.3) is 0 Å². The average molecular weight is 212 g/mol. The van der Waals surface area contributed by atoms with Crippen LogP contribution in [0.25, 0.3) is 0 Å². The predicted octanol–water partition coefficient (Wildman–Crippen LogP) is 0.281. The van der Waals surface area contributed by atoms with Gasteiger partial charge in [-0.1, -0.05) is 0 Å². The molecule has 2 saturated heterocycles. The molecule has 0 aliphatic carbocycles. The second-order valence-corrected chi connectivity index (χ2v) is 4.48. The molecule has 0 spiro atoms. The van der Waals surface area contributed by atoms with Crippen LogP contribution in [0.3, 0.4) is 0 Å². The number of carbonyl (C=O) groups excluding carboxylic acids is 1. The molecule has 1 amide bonds. The fourth-order valence-electron chi connectivity index (χ4n) is 2.24. The van der Waals surface area contributed by atoms with E-state index in [2.05, 4.69) is 10.6 Å². The Morgan fingerprint density at radius 3 is 3.00 bits per heavy atom. The molecule has 4 nitrogen and oxygen atoms in total. The van der Waals surface area contributed by atoms with Crippen molar-refractivity contribution in [2.24, 2.45) is 5.92 Å². The summed E-state index contributed by atoms with van der Waals surface area (Å²) in [6.07, 6.45) is 4.40. The first-order chi connectivity index (χ1) is 7.36. The molecule has 0 aromatic rings. The number of hydrogen-bond acceptors (Lipinski definition) is 3. The minimum absolute atomic E-state index is 0.0505. The normalized spacial score (nSPS) is 31.5. The van der Waals surface area contributed by atoms with E-state index in [0.717, 1.165) is 45.6 Å². The van der Waals surface area contributed by atoms with Crippen molar-refractivity contribution in [3.63, 3.8) is 0 Å². The molecular formula is C11H20N2O2. The van der Waals surface area contributed by atoms with Gasteiger partial charge in [0.2, 0.25) is 5.91 Å². The van der Waals surface area contributed by atoms with Crippen molar-refractivity contribution >= 4 is 5.91 Å². The molecule has 15 heavy (non-hydrogen) atoms. The van der Waals surface area contributed by atoms with Crippen LogP contribution in [0, 0.1) is 5.92 Å². The van der Waals surface area contributed by atoms with Crippen molar-refractivity contribution in [1.29, 1.82) is 0 Å². The van der Waals surface area contributed by atoms with Crippen LogP contribution in [0.2, 0.25) is 0 Å². The van der Waals surface area contributed by atoms with Crippen molar-refractivity contribution < 1.29 is 9.53 Å². The summed E-state index contributed by atoms with van der Waals surface area (Å²) < 4.78 is 5.37. The van der Waals surface area contributed by atoms with E-state index in [-0.39, 0.29) is 11.9 Å². The van der Waals surface area contributed by atoms with E-state index in [1.165, 1.54) is 6.42 Å². The van der Waals surface area contributed by atoms with E-state index in [0.29, 0.717) is 5.92 Å². The Morgan fingerprint density at radius 1 is 1.40 bits per heavy atom. The summed E-state index contributed by atoms with van der Waals surface area (Å²) in [4.78, 5) is 11.7. The molecule has 4 heteroatoms. The lowest BCUT2D eigenvalue weighted by atomic mass is 10.0.